The molecule has 0 fully saturated rings. The zero-order valence-corrected chi connectivity index (χ0v) is 11.3. The van der Waals surface area contributed by atoms with Gasteiger partial charge in [-0.1, -0.05) is 25.4 Å². The van der Waals surface area contributed by atoms with Crippen LogP contribution in [0.5, 0.6) is 5.75 Å². The van der Waals surface area contributed by atoms with Crippen molar-refractivity contribution in [2.75, 3.05) is 13.2 Å². The van der Waals surface area contributed by atoms with Gasteiger partial charge in [0.15, 0.2) is 6.61 Å². The monoisotopic (exact) mass is 271 g/mol. The van der Waals surface area contributed by atoms with Crippen LogP contribution in [0.3, 0.4) is 0 Å². The maximum atomic E-state index is 11.5. The van der Waals surface area contributed by atoms with Crippen LogP contribution in [-0.2, 0) is 11.4 Å². The van der Waals surface area contributed by atoms with Crippen LogP contribution in [0.2, 0.25) is 5.02 Å². The summed E-state index contributed by atoms with van der Waals surface area (Å²) in [4.78, 5) is 11.5. The first kappa shape index (κ1) is 14.8. The number of carbonyl (C=O) groups is 1. The van der Waals surface area contributed by atoms with E-state index in [4.69, 9.17) is 21.4 Å². The zero-order valence-electron chi connectivity index (χ0n) is 10.6. The minimum atomic E-state index is -0.178. The molecule has 0 unspecified atom stereocenters. The number of aliphatic hydroxyl groups excluding tert-OH is 1. The Kier molecular flexibility index (Phi) is 5.95. The predicted molar refractivity (Wildman–Crippen MR) is 70.7 cm³/mol. The minimum absolute atomic E-state index is 0.0681. The van der Waals surface area contributed by atoms with Gasteiger partial charge in [-0.15, -0.1) is 0 Å². The van der Waals surface area contributed by atoms with Crippen LogP contribution in [-0.4, -0.2) is 24.2 Å². The van der Waals surface area contributed by atoms with E-state index >= 15 is 0 Å². The molecular formula is C13H18ClNO3. The smallest absolute Gasteiger partial charge is 0.257 e. The van der Waals surface area contributed by atoms with Gasteiger partial charge in [-0.2, -0.15) is 0 Å². The molecular weight excluding hydrogens is 254 g/mol. The minimum Gasteiger partial charge on any atom is -0.483 e. The second-order valence-electron chi connectivity index (χ2n) is 4.40. The molecule has 4 nitrogen and oxygen atoms in total. The van der Waals surface area contributed by atoms with Crippen LogP contribution in [0.4, 0.5) is 0 Å². The first-order valence-electron chi connectivity index (χ1n) is 5.81. The highest BCUT2D eigenvalue weighted by molar-refractivity contribution is 6.30. The number of rotatable bonds is 6. The first-order chi connectivity index (χ1) is 8.52. The van der Waals surface area contributed by atoms with Crippen LogP contribution in [0.15, 0.2) is 18.2 Å². The number of aliphatic hydroxyl groups is 1. The van der Waals surface area contributed by atoms with Gasteiger partial charge in [-0.3, -0.25) is 4.79 Å². The Bertz CT molecular complexity index is 407. The lowest BCUT2D eigenvalue weighted by molar-refractivity contribution is -0.123. The van der Waals surface area contributed by atoms with E-state index in [0.29, 0.717) is 28.8 Å². The summed E-state index contributed by atoms with van der Waals surface area (Å²) in [5.41, 5.74) is 0.569. The number of nitrogens with one attached hydrogen (secondary N) is 1. The topological polar surface area (TPSA) is 58.6 Å². The van der Waals surface area contributed by atoms with E-state index in [2.05, 4.69) is 5.32 Å². The van der Waals surface area contributed by atoms with Gasteiger partial charge in [0.25, 0.3) is 5.91 Å². The molecule has 0 spiro atoms. The number of amides is 1. The summed E-state index contributed by atoms with van der Waals surface area (Å²) in [6.45, 7) is 4.41. The van der Waals surface area contributed by atoms with Gasteiger partial charge >= 0.3 is 0 Å². The molecule has 2 N–H and O–H groups in total. The van der Waals surface area contributed by atoms with Crippen molar-refractivity contribution in [3.8, 4) is 5.75 Å². The van der Waals surface area contributed by atoms with Crippen LogP contribution in [0.25, 0.3) is 0 Å². The summed E-state index contributed by atoms with van der Waals surface area (Å²) < 4.78 is 5.35. The number of halogens is 1. The van der Waals surface area contributed by atoms with E-state index in [1.54, 1.807) is 18.2 Å². The molecule has 0 radical (unpaired) electrons. The lowest BCUT2D eigenvalue weighted by Crippen LogP contribution is -2.31. The van der Waals surface area contributed by atoms with Gasteiger partial charge < -0.3 is 15.2 Å². The third kappa shape index (κ3) is 4.94. The summed E-state index contributed by atoms with van der Waals surface area (Å²) in [5.74, 6) is 0.696. The maximum Gasteiger partial charge on any atom is 0.257 e. The average Bonchev–Trinajstić information content (AvgIpc) is 2.34. The fourth-order valence-electron chi connectivity index (χ4n) is 1.32. The average molecular weight is 272 g/mol. The van der Waals surface area contributed by atoms with Gasteiger partial charge in [0, 0.05) is 17.1 Å². The van der Waals surface area contributed by atoms with E-state index in [1.165, 1.54) is 0 Å². The Balaban J connectivity index is 2.50. The molecule has 1 amide bonds. The van der Waals surface area contributed by atoms with E-state index in [-0.39, 0.29) is 19.1 Å². The second kappa shape index (κ2) is 7.24. The molecule has 1 aromatic carbocycles. The van der Waals surface area contributed by atoms with Gasteiger partial charge in [0.2, 0.25) is 0 Å². The zero-order chi connectivity index (χ0) is 13.5. The number of ether oxygens (including phenoxy) is 1. The summed E-state index contributed by atoms with van der Waals surface area (Å²) in [7, 11) is 0. The maximum absolute atomic E-state index is 11.5. The second-order valence-corrected chi connectivity index (χ2v) is 4.83. The van der Waals surface area contributed by atoms with E-state index in [9.17, 15) is 4.79 Å². The Labute approximate surface area is 112 Å². The lowest BCUT2D eigenvalue weighted by atomic mass is 10.2. The summed E-state index contributed by atoms with van der Waals surface area (Å²) in [6, 6.07) is 4.91. The van der Waals surface area contributed by atoms with Crippen molar-refractivity contribution in [1.82, 2.24) is 5.32 Å². The van der Waals surface area contributed by atoms with Crippen molar-refractivity contribution in [3.63, 3.8) is 0 Å². The van der Waals surface area contributed by atoms with Crippen LogP contribution in [0, 0.1) is 5.92 Å². The number of carbonyl (C=O) groups excluding carboxylic acids is 1. The van der Waals surface area contributed by atoms with E-state index < -0.39 is 0 Å². The Morgan fingerprint density at radius 3 is 2.83 bits per heavy atom. The van der Waals surface area contributed by atoms with Gasteiger partial charge in [0.1, 0.15) is 5.75 Å². The molecule has 18 heavy (non-hydrogen) atoms. The predicted octanol–water partition coefficient (Wildman–Crippen LogP) is 1.98. The normalized spacial score (nSPS) is 10.5. The Hall–Kier alpha value is -1.26. The Morgan fingerprint density at radius 2 is 2.22 bits per heavy atom. The van der Waals surface area contributed by atoms with Crippen LogP contribution >= 0.6 is 11.6 Å². The van der Waals surface area contributed by atoms with Crippen molar-refractivity contribution < 1.29 is 14.6 Å². The van der Waals surface area contributed by atoms with Crippen LogP contribution < -0.4 is 10.1 Å². The molecule has 0 saturated heterocycles. The van der Waals surface area contributed by atoms with Gasteiger partial charge in [-0.25, -0.2) is 0 Å². The largest absolute Gasteiger partial charge is 0.483 e. The summed E-state index contributed by atoms with van der Waals surface area (Å²) >= 11 is 5.80. The lowest BCUT2D eigenvalue weighted by Gasteiger charge is -2.11. The SMILES string of the molecule is CC(C)CNC(=O)COc1ccc(Cl)cc1CO. The summed E-state index contributed by atoms with van der Waals surface area (Å²) in [5, 5.41) is 12.4. The number of benzene rings is 1. The fourth-order valence-corrected chi connectivity index (χ4v) is 1.52. The highest BCUT2D eigenvalue weighted by atomic mass is 35.5. The van der Waals surface area contributed by atoms with E-state index in [1.807, 2.05) is 13.8 Å². The van der Waals surface area contributed by atoms with Gasteiger partial charge in [0.05, 0.1) is 6.61 Å². The fraction of sp³-hybridized carbons (Fsp3) is 0.462. The molecule has 0 aromatic heterocycles. The highest BCUT2D eigenvalue weighted by Gasteiger charge is 2.07. The molecule has 0 bridgehead atoms. The van der Waals surface area contributed by atoms with Crippen LogP contribution in [0.1, 0.15) is 19.4 Å². The molecule has 1 rings (SSSR count). The van der Waals surface area contributed by atoms with Crippen molar-refractivity contribution in [2.24, 2.45) is 5.92 Å². The molecule has 0 atom stereocenters. The van der Waals surface area contributed by atoms with Crippen molar-refractivity contribution in [3.05, 3.63) is 28.8 Å². The summed E-state index contributed by atoms with van der Waals surface area (Å²) in [6.07, 6.45) is 0. The molecule has 5 heteroatoms. The molecule has 1 aromatic rings. The molecule has 100 valence electrons. The standard InChI is InChI=1S/C13H18ClNO3/c1-9(2)6-15-13(17)8-18-12-4-3-11(14)5-10(12)7-16/h3-5,9,16H,6-8H2,1-2H3,(H,15,17). The van der Waals surface area contributed by atoms with Crippen molar-refractivity contribution >= 4 is 17.5 Å². The van der Waals surface area contributed by atoms with Gasteiger partial charge in [-0.05, 0) is 24.1 Å². The molecule has 0 aliphatic rings. The molecule has 0 saturated carbocycles. The number of hydrogen-bond donors (Lipinski definition) is 2. The van der Waals surface area contributed by atoms with Crippen molar-refractivity contribution in [1.29, 1.82) is 0 Å². The molecule has 0 heterocycles. The van der Waals surface area contributed by atoms with E-state index in [0.717, 1.165) is 0 Å². The van der Waals surface area contributed by atoms with Crippen molar-refractivity contribution in [2.45, 2.75) is 20.5 Å². The molecule has 0 aliphatic carbocycles. The quantitative estimate of drug-likeness (QED) is 0.832. The molecule has 0 aliphatic heterocycles. The third-order valence-electron chi connectivity index (χ3n) is 2.26. The Morgan fingerprint density at radius 1 is 1.50 bits per heavy atom. The number of hydrogen-bond acceptors (Lipinski definition) is 3. The first-order valence-corrected chi connectivity index (χ1v) is 6.19. The third-order valence-corrected chi connectivity index (χ3v) is 2.49. The highest BCUT2D eigenvalue weighted by Crippen LogP contribution is 2.22.